The molecule has 1 atom stereocenters. The number of allylic oxidation sites excluding steroid dienone is 2. The zero-order valence-corrected chi connectivity index (χ0v) is 15.5. The van der Waals surface area contributed by atoms with Gasteiger partial charge in [0.2, 0.25) is 0 Å². The van der Waals surface area contributed by atoms with Crippen LogP contribution in [-0.4, -0.2) is 30.3 Å². The summed E-state index contributed by atoms with van der Waals surface area (Å²) in [5.74, 6) is 0.866. The van der Waals surface area contributed by atoms with E-state index in [0.29, 0.717) is 4.88 Å². The first-order chi connectivity index (χ1) is 10.5. The molecule has 5 nitrogen and oxygen atoms in total. The number of hydrogen-bond acceptors (Lipinski definition) is 4. The molecule has 1 aromatic rings. The highest BCUT2D eigenvalue weighted by atomic mass is 35.5. The maximum atomic E-state index is 8.88. The summed E-state index contributed by atoms with van der Waals surface area (Å²) in [6.45, 7) is 6.20. The van der Waals surface area contributed by atoms with Gasteiger partial charge in [-0.05, 0) is 19.8 Å². The Balaban J connectivity index is 0.00000211. The molecule has 0 amide bonds. The lowest BCUT2D eigenvalue weighted by atomic mass is 10.2. The van der Waals surface area contributed by atoms with Crippen molar-refractivity contribution in [2.75, 3.05) is 18.3 Å². The SMILES string of the molecule is CC/C=C(\CC)N=C(C(C)[NH3+])N(C)c1ncc(C#N)s1.CCl. The Bertz CT molecular complexity index is 542. The molecule has 0 saturated heterocycles. The Morgan fingerprint density at radius 1 is 1.59 bits per heavy atom. The summed E-state index contributed by atoms with van der Waals surface area (Å²) < 4.78 is 0. The number of rotatable bonds is 5. The van der Waals surface area contributed by atoms with Gasteiger partial charge in [0.15, 0.2) is 11.0 Å². The van der Waals surface area contributed by atoms with Crippen LogP contribution >= 0.6 is 22.9 Å². The number of thiazole rings is 1. The monoisotopic (exact) mass is 342 g/mol. The van der Waals surface area contributed by atoms with Crippen molar-refractivity contribution in [3.05, 3.63) is 22.8 Å². The fourth-order valence-electron chi connectivity index (χ4n) is 1.74. The number of nitrogens with zero attached hydrogens (tertiary/aromatic N) is 4. The molecule has 22 heavy (non-hydrogen) atoms. The summed E-state index contributed by atoms with van der Waals surface area (Å²) in [6, 6.07) is 2.15. The van der Waals surface area contributed by atoms with Gasteiger partial charge in [0.25, 0.3) is 0 Å². The summed E-state index contributed by atoms with van der Waals surface area (Å²) in [6.07, 6.45) is 7.04. The van der Waals surface area contributed by atoms with Crippen LogP contribution in [0.25, 0.3) is 0 Å². The molecule has 0 radical (unpaired) electrons. The van der Waals surface area contributed by atoms with E-state index in [1.807, 2.05) is 18.9 Å². The second-order valence-electron chi connectivity index (χ2n) is 4.51. The average molecular weight is 343 g/mol. The molecule has 0 aliphatic heterocycles. The van der Waals surface area contributed by atoms with Gasteiger partial charge in [0.1, 0.15) is 17.0 Å². The van der Waals surface area contributed by atoms with E-state index in [1.54, 1.807) is 6.20 Å². The van der Waals surface area contributed by atoms with E-state index in [-0.39, 0.29) is 6.04 Å². The van der Waals surface area contributed by atoms with Crippen molar-refractivity contribution in [2.24, 2.45) is 4.99 Å². The summed E-state index contributed by atoms with van der Waals surface area (Å²) >= 11 is 6.00. The first-order valence-corrected chi connectivity index (χ1v) is 8.68. The molecule has 3 N–H and O–H groups in total. The second kappa shape index (κ2) is 11.2. The number of quaternary nitrogens is 1. The van der Waals surface area contributed by atoms with Crippen LogP contribution in [0.1, 0.15) is 38.5 Å². The molecule has 0 aliphatic carbocycles. The quantitative estimate of drug-likeness (QED) is 0.507. The molecule has 0 aliphatic rings. The number of hydrogen-bond donors (Lipinski definition) is 1. The smallest absolute Gasteiger partial charge is 0.191 e. The van der Waals surface area contributed by atoms with Gasteiger partial charge < -0.3 is 10.6 Å². The van der Waals surface area contributed by atoms with Crippen molar-refractivity contribution in [3.63, 3.8) is 0 Å². The molecule has 1 heterocycles. The van der Waals surface area contributed by atoms with E-state index in [2.05, 4.69) is 48.3 Å². The highest BCUT2D eigenvalue weighted by molar-refractivity contribution is 7.16. The first-order valence-electron chi connectivity index (χ1n) is 7.11. The van der Waals surface area contributed by atoms with Gasteiger partial charge in [-0.2, -0.15) is 5.26 Å². The minimum absolute atomic E-state index is 0.0428. The summed E-state index contributed by atoms with van der Waals surface area (Å²) in [7, 11) is 1.92. The summed E-state index contributed by atoms with van der Waals surface area (Å²) in [5, 5.41) is 9.65. The number of aliphatic imine (C=N–C) groups is 1. The Hall–Kier alpha value is -1.42. The third kappa shape index (κ3) is 6.14. The number of halogens is 1. The molecule has 0 fully saturated rings. The number of amidine groups is 1. The topological polar surface area (TPSA) is 79.9 Å². The zero-order chi connectivity index (χ0) is 17.1. The molecular weight excluding hydrogens is 318 g/mol. The summed E-state index contributed by atoms with van der Waals surface area (Å²) in [4.78, 5) is 11.5. The van der Waals surface area contributed by atoms with Gasteiger partial charge in [-0.3, -0.25) is 0 Å². The molecule has 0 spiro atoms. The lowest BCUT2D eigenvalue weighted by Crippen LogP contribution is -2.66. The Morgan fingerprint density at radius 3 is 2.64 bits per heavy atom. The normalized spacial score (nSPS) is 13.0. The molecule has 0 bridgehead atoms. The van der Waals surface area contributed by atoms with Crippen molar-refractivity contribution < 1.29 is 5.73 Å². The van der Waals surface area contributed by atoms with E-state index in [0.717, 1.165) is 29.5 Å². The molecule has 0 aromatic carbocycles. The van der Waals surface area contributed by atoms with Crippen LogP contribution in [0.2, 0.25) is 0 Å². The second-order valence-corrected chi connectivity index (χ2v) is 5.52. The van der Waals surface area contributed by atoms with Crippen LogP contribution in [0.4, 0.5) is 5.13 Å². The fraction of sp³-hybridized carbons (Fsp3) is 0.533. The van der Waals surface area contributed by atoms with Crippen LogP contribution in [0, 0.1) is 11.3 Å². The third-order valence-corrected chi connectivity index (χ3v) is 3.71. The third-order valence-electron chi connectivity index (χ3n) is 2.74. The molecular formula is C15H25ClN5S+. The van der Waals surface area contributed by atoms with Gasteiger partial charge in [-0.15, -0.1) is 11.6 Å². The van der Waals surface area contributed by atoms with Crippen LogP contribution in [-0.2, 0) is 0 Å². The average Bonchev–Trinajstić information content (AvgIpc) is 3.01. The number of nitriles is 1. The van der Waals surface area contributed by atoms with Crippen molar-refractivity contribution in [1.29, 1.82) is 5.26 Å². The molecule has 1 aromatic heterocycles. The number of anilines is 1. The van der Waals surface area contributed by atoms with Crippen molar-refractivity contribution >= 4 is 33.9 Å². The van der Waals surface area contributed by atoms with Gasteiger partial charge in [-0.25, -0.2) is 9.98 Å². The van der Waals surface area contributed by atoms with Gasteiger partial charge in [0.05, 0.1) is 6.20 Å². The molecule has 0 saturated carbocycles. The molecule has 7 heteroatoms. The van der Waals surface area contributed by atoms with Crippen molar-refractivity contribution in [2.45, 2.75) is 39.7 Å². The standard InChI is InChI=1S/C14H21N5S.CH3Cl/c1-5-7-11(6-2)18-13(10(3)16)19(4)14-17-9-12(8-15)20-14;1-2/h7,9-10H,5-6,16H2,1-4H3;1H3/p+1/b11-7+,18-13?;. The minimum Gasteiger partial charge on any atom is -0.349 e. The van der Waals surface area contributed by atoms with Crippen molar-refractivity contribution in [3.8, 4) is 6.07 Å². The first kappa shape index (κ1) is 20.6. The largest absolute Gasteiger partial charge is 0.349 e. The summed E-state index contributed by atoms with van der Waals surface area (Å²) in [5.41, 5.74) is 5.13. The van der Waals surface area contributed by atoms with Crippen LogP contribution in [0.5, 0.6) is 0 Å². The number of likely N-dealkylation sites (N-methyl/N-ethyl adjacent to an activating group) is 1. The zero-order valence-electron chi connectivity index (χ0n) is 13.9. The van der Waals surface area contributed by atoms with E-state index < -0.39 is 0 Å². The maximum Gasteiger partial charge on any atom is 0.191 e. The van der Waals surface area contributed by atoms with Crippen LogP contribution < -0.4 is 10.6 Å². The van der Waals surface area contributed by atoms with Crippen LogP contribution in [0.3, 0.4) is 0 Å². The highest BCUT2D eigenvalue weighted by Gasteiger charge is 2.19. The minimum atomic E-state index is 0.0428. The predicted octanol–water partition coefficient (Wildman–Crippen LogP) is 3.04. The van der Waals surface area contributed by atoms with E-state index >= 15 is 0 Å². The Labute approximate surface area is 142 Å². The van der Waals surface area contributed by atoms with E-state index in [9.17, 15) is 0 Å². The van der Waals surface area contributed by atoms with Gasteiger partial charge in [-0.1, -0.05) is 31.3 Å². The predicted molar refractivity (Wildman–Crippen MR) is 95.5 cm³/mol. The lowest BCUT2D eigenvalue weighted by Gasteiger charge is -2.19. The Morgan fingerprint density at radius 2 is 2.23 bits per heavy atom. The highest BCUT2D eigenvalue weighted by Crippen LogP contribution is 2.22. The lowest BCUT2D eigenvalue weighted by molar-refractivity contribution is -0.389. The number of aromatic nitrogens is 1. The Kier molecular flexibility index (Phi) is 10.5. The van der Waals surface area contributed by atoms with Gasteiger partial charge >= 0.3 is 0 Å². The van der Waals surface area contributed by atoms with E-state index in [4.69, 9.17) is 10.3 Å². The fourth-order valence-corrected chi connectivity index (χ4v) is 2.42. The molecule has 122 valence electrons. The molecule has 1 unspecified atom stereocenters. The van der Waals surface area contributed by atoms with Crippen molar-refractivity contribution in [1.82, 2.24) is 4.98 Å². The molecule has 1 rings (SSSR count). The maximum absolute atomic E-state index is 8.88. The van der Waals surface area contributed by atoms with E-state index in [1.165, 1.54) is 17.7 Å². The van der Waals surface area contributed by atoms with Crippen LogP contribution in [0.15, 0.2) is 23.0 Å². The van der Waals surface area contributed by atoms with Gasteiger partial charge in [0, 0.05) is 19.1 Å². The number of alkyl halides is 1.